The summed E-state index contributed by atoms with van der Waals surface area (Å²) in [5.41, 5.74) is 0.693. The fraction of sp³-hybridized carbons (Fsp3) is 0.238. The van der Waals surface area contributed by atoms with Crippen LogP contribution in [0.4, 0.5) is 0 Å². The molecule has 1 aliphatic heterocycles. The molecule has 158 valence electrons. The van der Waals surface area contributed by atoms with E-state index in [4.69, 9.17) is 4.42 Å². The zero-order valence-electron chi connectivity index (χ0n) is 16.8. The Balaban J connectivity index is 1.48. The molecule has 10 heteroatoms. The van der Waals surface area contributed by atoms with Crippen LogP contribution in [0.15, 0.2) is 74.9 Å². The standard InChI is InChI=1S/C21H20N6O3S/c1-3-10-27-17(12-22-20(29)16-9-6-11-30-16)25-26-21(27)31-13(2)18-23-15-8-5-4-7-14(15)19(28)24-18/h3-9,11,13-14H,1,10,12H2,2H3,(H,22,29). The largest absolute Gasteiger partial charge is 0.459 e. The van der Waals surface area contributed by atoms with E-state index in [1.807, 2.05) is 29.7 Å². The molecule has 0 bridgehead atoms. The number of nitrogens with zero attached hydrogens (tertiary/aromatic N) is 5. The first-order valence-corrected chi connectivity index (χ1v) is 10.5. The highest BCUT2D eigenvalue weighted by molar-refractivity contribution is 8.00. The first-order valence-electron chi connectivity index (χ1n) is 9.64. The molecule has 0 radical (unpaired) electrons. The molecule has 0 saturated carbocycles. The number of amidine groups is 1. The van der Waals surface area contributed by atoms with Crippen molar-refractivity contribution in [2.75, 3.05) is 0 Å². The van der Waals surface area contributed by atoms with E-state index >= 15 is 0 Å². The number of nitrogens with one attached hydrogen (secondary N) is 1. The van der Waals surface area contributed by atoms with Crippen molar-refractivity contribution in [2.45, 2.75) is 30.4 Å². The van der Waals surface area contributed by atoms with Crippen molar-refractivity contribution in [3.8, 4) is 0 Å². The van der Waals surface area contributed by atoms with Crippen molar-refractivity contribution in [2.24, 2.45) is 15.9 Å². The van der Waals surface area contributed by atoms with Gasteiger partial charge in [0.15, 0.2) is 16.7 Å². The summed E-state index contributed by atoms with van der Waals surface area (Å²) in [5, 5.41) is 11.6. The molecule has 0 aromatic carbocycles. The number of thioether (sulfide) groups is 1. The van der Waals surface area contributed by atoms with E-state index in [-0.39, 0.29) is 29.4 Å². The van der Waals surface area contributed by atoms with Crippen LogP contribution >= 0.6 is 11.8 Å². The first-order chi connectivity index (χ1) is 15.1. The number of aromatic nitrogens is 3. The van der Waals surface area contributed by atoms with Crippen molar-refractivity contribution in [1.82, 2.24) is 20.1 Å². The van der Waals surface area contributed by atoms with E-state index in [0.717, 1.165) is 0 Å². The topological polar surface area (TPSA) is 115 Å². The molecule has 0 spiro atoms. The Morgan fingerprint density at radius 1 is 1.39 bits per heavy atom. The van der Waals surface area contributed by atoms with Crippen molar-refractivity contribution in [3.63, 3.8) is 0 Å². The number of aliphatic imine (C=N–C) groups is 2. The number of carbonyl (C=O) groups excluding carboxylic acids is 2. The van der Waals surface area contributed by atoms with Crippen molar-refractivity contribution >= 4 is 35.1 Å². The summed E-state index contributed by atoms with van der Waals surface area (Å²) in [6.45, 7) is 6.34. The number of furan rings is 1. The smallest absolute Gasteiger partial charge is 0.287 e. The Morgan fingerprint density at radius 2 is 2.26 bits per heavy atom. The lowest BCUT2D eigenvalue weighted by Gasteiger charge is -2.20. The highest BCUT2D eigenvalue weighted by Gasteiger charge is 2.29. The first kappa shape index (κ1) is 20.7. The number of rotatable bonds is 8. The molecule has 2 unspecified atom stereocenters. The monoisotopic (exact) mass is 436 g/mol. The molecule has 2 aromatic heterocycles. The third-order valence-corrected chi connectivity index (χ3v) is 5.71. The van der Waals surface area contributed by atoms with E-state index in [1.54, 1.807) is 24.3 Å². The van der Waals surface area contributed by atoms with Crippen LogP contribution in [0.3, 0.4) is 0 Å². The lowest BCUT2D eigenvalue weighted by atomic mass is 9.96. The van der Waals surface area contributed by atoms with E-state index in [0.29, 0.717) is 29.1 Å². The summed E-state index contributed by atoms with van der Waals surface area (Å²) >= 11 is 1.39. The van der Waals surface area contributed by atoms with E-state index in [1.165, 1.54) is 18.0 Å². The molecule has 2 aromatic rings. The highest BCUT2D eigenvalue weighted by Crippen LogP contribution is 2.26. The minimum atomic E-state index is -0.403. The van der Waals surface area contributed by atoms with Crippen LogP contribution in [0.5, 0.6) is 0 Å². The molecule has 3 heterocycles. The van der Waals surface area contributed by atoms with Gasteiger partial charge in [0, 0.05) is 6.54 Å². The van der Waals surface area contributed by atoms with Gasteiger partial charge >= 0.3 is 0 Å². The molecular weight excluding hydrogens is 416 g/mol. The number of carbonyl (C=O) groups is 2. The quantitative estimate of drug-likeness (QED) is 0.502. The van der Waals surface area contributed by atoms with Gasteiger partial charge in [-0.1, -0.05) is 36.1 Å². The van der Waals surface area contributed by atoms with Gasteiger partial charge in [-0.3, -0.25) is 9.59 Å². The zero-order chi connectivity index (χ0) is 21.8. The molecule has 1 N–H and O–H groups in total. The van der Waals surface area contributed by atoms with Crippen molar-refractivity contribution in [3.05, 3.63) is 66.9 Å². The summed E-state index contributed by atoms with van der Waals surface area (Å²) in [6, 6.07) is 3.23. The maximum Gasteiger partial charge on any atom is 0.287 e. The average molecular weight is 436 g/mol. The number of hydrogen-bond acceptors (Lipinski definition) is 7. The minimum absolute atomic E-state index is 0.176. The molecule has 2 atom stereocenters. The summed E-state index contributed by atoms with van der Waals surface area (Å²) in [5.74, 6) is 0.282. The number of fused-ring (bicyclic) bond motifs is 1. The normalized spacial score (nSPS) is 18.2. The fourth-order valence-corrected chi connectivity index (χ4v) is 4.01. The Bertz CT molecular complexity index is 1130. The van der Waals surface area contributed by atoms with Crippen LogP contribution in [-0.4, -0.2) is 43.4 Å². The molecule has 0 fully saturated rings. The van der Waals surface area contributed by atoms with Gasteiger partial charge in [0.05, 0.1) is 23.8 Å². The molecule has 2 amide bonds. The number of allylic oxidation sites excluding steroid dienone is 4. The maximum atomic E-state index is 12.4. The van der Waals surface area contributed by atoms with Gasteiger partial charge in [-0.2, -0.15) is 4.99 Å². The Morgan fingerprint density at radius 3 is 3.03 bits per heavy atom. The van der Waals surface area contributed by atoms with Crippen LogP contribution in [-0.2, 0) is 17.9 Å². The third kappa shape index (κ3) is 4.48. The highest BCUT2D eigenvalue weighted by atomic mass is 32.2. The second kappa shape index (κ2) is 9.09. The minimum Gasteiger partial charge on any atom is -0.459 e. The predicted octanol–water partition coefficient (Wildman–Crippen LogP) is 2.59. The molecule has 31 heavy (non-hydrogen) atoms. The summed E-state index contributed by atoms with van der Waals surface area (Å²) < 4.78 is 6.94. The fourth-order valence-electron chi connectivity index (χ4n) is 3.08. The van der Waals surface area contributed by atoms with Gasteiger partial charge in [-0.05, 0) is 25.1 Å². The second-order valence-corrected chi connectivity index (χ2v) is 8.09. The van der Waals surface area contributed by atoms with Crippen molar-refractivity contribution < 1.29 is 14.0 Å². The molecule has 0 saturated heterocycles. The zero-order valence-corrected chi connectivity index (χ0v) is 17.6. The maximum absolute atomic E-state index is 12.4. The van der Waals surface area contributed by atoms with Crippen LogP contribution in [0.25, 0.3) is 0 Å². The molecule has 2 aliphatic rings. The van der Waals surface area contributed by atoms with E-state index < -0.39 is 5.92 Å². The molecule has 4 rings (SSSR count). The van der Waals surface area contributed by atoms with Crippen LogP contribution in [0.1, 0.15) is 23.3 Å². The Kier molecular flexibility index (Phi) is 6.08. The Labute approximate surface area is 182 Å². The third-order valence-electron chi connectivity index (χ3n) is 4.64. The summed E-state index contributed by atoms with van der Waals surface area (Å²) in [6.07, 6.45) is 10.5. The van der Waals surface area contributed by atoms with Gasteiger partial charge in [0.1, 0.15) is 11.8 Å². The molecule has 9 nitrogen and oxygen atoms in total. The van der Waals surface area contributed by atoms with Gasteiger partial charge in [0.25, 0.3) is 11.8 Å². The predicted molar refractivity (Wildman–Crippen MR) is 117 cm³/mol. The van der Waals surface area contributed by atoms with Crippen molar-refractivity contribution in [1.29, 1.82) is 0 Å². The van der Waals surface area contributed by atoms with Gasteiger partial charge < -0.3 is 14.3 Å². The number of amides is 2. The Hall–Kier alpha value is -3.53. The second-order valence-electron chi connectivity index (χ2n) is 6.78. The SMILES string of the molecule is C=CCn1c(CNC(=O)c2ccco2)nnc1SC(C)C1=NC(=O)C2C=CC=CC2=N1. The number of hydrogen-bond donors (Lipinski definition) is 1. The van der Waals surface area contributed by atoms with Crippen LogP contribution < -0.4 is 5.32 Å². The van der Waals surface area contributed by atoms with E-state index in [2.05, 4.69) is 32.1 Å². The van der Waals surface area contributed by atoms with Gasteiger partial charge in [-0.25, -0.2) is 4.99 Å². The van der Waals surface area contributed by atoms with Gasteiger partial charge in [-0.15, -0.1) is 16.8 Å². The lowest BCUT2D eigenvalue weighted by molar-refractivity contribution is -0.118. The molecular formula is C21H20N6O3S. The lowest BCUT2D eigenvalue weighted by Crippen LogP contribution is -2.30. The van der Waals surface area contributed by atoms with E-state index in [9.17, 15) is 9.59 Å². The summed E-state index contributed by atoms with van der Waals surface area (Å²) in [7, 11) is 0. The summed E-state index contributed by atoms with van der Waals surface area (Å²) in [4.78, 5) is 33.2. The van der Waals surface area contributed by atoms with Crippen LogP contribution in [0, 0.1) is 5.92 Å². The molecule has 1 aliphatic carbocycles. The average Bonchev–Trinajstić information content (AvgIpc) is 3.43. The van der Waals surface area contributed by atoms with Crippen LogP contribution in [0.2, 0.25) is 0 Å². The van der Waals surface area contributed by atoms with Gasteiger partial charge in [0.2, 0.25) is 0 Å².